The number of ether oxygens (including phenoxy) is 3. The molecule has 0 aliphatic rings. The van der Waals surface area contributed by atoms with Gasteiger partial charge < -0.3 is 62.1 Å². The number of amides is 5. The summed E-state index contributed by atoms with van der Waals surface area (Å²) in [7, 11) is 0. The Bertz CT molecular complexity index is 1890. The number of nitrogens with one attached hydrogen (secondary N) is 6. The molecule has 0 fully saturated rings. The highest BCUT2D eigenvalue weighted by Gasteiger charge is 2.35. The third-order valence-electron chi connectivity index (χ3n) is 9.19. The highest BCUT2D eigenvalue weighted by molar-refractivity contribution is 5.88. The molecule has 10 N–H and O–H groups in total. The largest absolute Gasteiger partial charge is 0.460 e. The number of hydrogen-bond acceptors (Lipinski definition) is 13. The molecular weight excluding hydrogens is 863 g/mol. The second kappa shape index (κ2) is 28.4. The fourth-order valence-corrected chi connectivity index (χ4v) is 6.10. The number of nitrogens with zero attached hydrogens (tertiary/aromatic N) is 2. The van der Waals surface area contributed by atoms with E-state index in [9.17, 15) is 49.1 Å². The van der Waals surface area contributed by atoms with Crippen LogP contribution in [0.3, 0.4) is 0 Å². The zero-order valence-corrected chi connectivity index (χ0v) is 38.5. The maximum Gasteiger partial charge on any atom is 0.408 e. The minimum absolute atomic E-state index is 0.0259. The molecular formula is C44H67N9O13. The number of rotatable bonds is 26. The normalized spacial score (nSPS) is 13.9. The first kappa shape index (κ1) is 55.6. The number of aliphatic hydroxyl groups is 2. The molecule has 0 radical (unpaired) electrons. The molecule has 0 saturated heterocycles. The molecule has 0 aliphatic heterocycles. The van der Waals surface area contributed by atoms with Gasteiger partial charge in [0.1, 0.15) is 29.0 Å². The summed E-state index contributed by atoms with van der Waals surface area (Å²) < 4.78 is 16.0. The van der Waals surface area contributed by atoms with Gasteiger partial charge in [-0.15, -0.1) is 0 Å². The van der Waals surface area contributed by atoms with Crippen molar-refractivity contribution >= 4 is 41.8 Å². The Kier molecular flexibility index (Phi) is 23.9. The minimum atomic E-state index is -2.03. The van der Waals surface area contributed by atoms with Gasteiger partial charge in [0.05, 0.1) is 12.1 Å². The van der Waals surface area contributed by atoms with E-state index in [0.29, 0.717) is 18.4 Å². The highest BCUT2D eigenvalue weighted by Crippen LogP contribution is 2.14. The average molecular weight is 930 g/mol. The lowest BCUT2D eigenvalue weighted by atomic mass is 9.99. The van der Waals surface area contributed by atoms with Crippen molar-refractivity contribution in [2.75, 3.05) is 19.6 Å². The number of benzene rings is 2. The van der Waals surface area contributed by atoms with Crippen LogP contribution in [0.4, 0.5) is 9.59 Å². The zero-order valence-electron chi connectivity index (χ0n) is 38.5. The summed E-state index contributed by atoms with van der Waals surface area (Å²) in [5.74, 6) is -4.00. The predicted octanol–water partition coefficient (Wildman–Crippen LogP) is 2.02. The van der Waals surface area contributed by atoms with E-state index in [4.69, 9.17) is 19.9 Å². The zero-order chi connectivity index (χ0) is 49.3. The molecule has 0 aromatic heterocycles. The van der Waals surface area contributed by atoms with Crippen LogP contribution in [-0.4, -0.2) is 118 Å². The van der Waals surface area contributed by atoms with Crippen LogP contribution in [-0.2, 0) is 46.4 Å². The van der Waals surface area contributed by atoms with Crippen LogP contribution in [0.5, 0.6) is 0 Å². The number of nitro groups is 1. The Morgan fingerprint density at radius 2 is 1.21 bits per heavy atom. The molecule has 5 atom stereocenters. The highest BCUT2D eigenvalue weighted by atomic mass is 16.7. The lowest BCUT2D eigenvalue weighted by Gasteiger charge is -2.29. The Hall–Kier alpha value is -6.55. The molecule has 2 aromatic carbocycles. The molecule has 2 aromatic rings. The van der Waals surface area contributed by atoms with Crippen molar-refractivity contribution < 1.29 is 58.2 Å². The summed E-state index contributed by atoms with van der Waals surface area (Å²) in [4.78, 5) is 89.7. The number of carbonyl (C=O) groups excluding carboxylic acids is 6. The number of alkyl carbamates (subject to hydrolysis) is 2. The second-order valence-electron chi connectivity index (χ2n) is 17.2. The number of unbranched alkanes of at least 4 members (excludes halogenated alkanes) is 1. The maximum atomic E-state index is 14.0. The molecule has 0 bridgehead atoms. The lowest BCUT2D eigenvalue weighted by Crippen LogP contribution is -2.58. The monoisotopic (exact) mass is 929 g/mol. The van der Waals surface area contributed by atoms with Gasteiger partial charge in [0.15, 0.2) is 17.2 Å². The van der Waals surface area contributed by atoms with E-state index in [2.05, 4.69) is 37.0 Å². The molecule has 0 saturated carbocycles. The van der Waals surface area contributed by atoms with Crippen molar-refractivity contribution in [2.45, 2.75) is 141 Å². The Labute approximate surface area is 384 Å². The number of carbonyl (C=O) groups is 6. The summed E-state index contributed by atoms with van der Waals surface area (Å²) in [5, 5.41) is 50.8. The Morgan fingerprint density at radius 1 is 0.667 bits per heavy atom. The van der Waals surface area contributed by atoms with Crippen LogP contribution < -0.4 is 37.6 Å². The van der Waals surface area contributed by atoms with Gasteiger partial charge in [0.2, 0.25) is 5.91 Å². The van der Waals surface area contributed by atoms with Gasteiger partial charge in [0, 0.05) is 26.1 Å². The fourth-order valence-electron chi connectivity index (χ4n) is 6.10. The second-order valence-corrected chi connectivity index (χ2v) is 17.2. The minimum Gasteiger partial charge on any atom is -0.460 e. The smallest absolute Gasteiger partial charge is 0.408 e. The molecule has 0 aliphatic carbocycles. The number of aliphatic hydroxyl groups excluding tert-OH is 2. The van der Waals surface area contributed by atoms with E-state index in [1.54, 1.807) is 71.9 Å². The van der Waals surface area contributed by atoms with Gasteiger partial charge in [-0.1, -0.05) is 60.7 Å². The first-order chi connectivity index (χ1) is 31.0. The molecule has 0 heterocycles. The number of guanidine groups is 1. The molecule has 22 nitrogen and oxygen atoms in total. The van der Waals surface area contributed by atoms with Gasteiger partial charge in [-0.3, -0.25) is 19.2 Å². The molecule has 0 spiro atoms. The van der Waals surface area contributed by atoms with Crippen LogP contribution in [0.2, 0.25) is 0 Å². The first-order valence-corrected chi connectivity index (χ1v) is 21.7. The van der Waals surface area contributed by atoms with Gasteiger partial charge >= 0.3 is 18.2 Å². The van der Waals surface area contributed by atoms with E-state index in [1.807, 2.05) is 30.3 Å². The van der Waals surface area contributed by atoms with E-state index in [0.717, 1.165) is 5.56 Å². The van der Waals surface area contributed by atoms with Crippen LogP contribution in [0.15, 0.2) is 65.8 Å². The van der Waals surface area contributed by atoms with Crippen molar-refractivity contribution in [3.8, 4) is 0 Å². The summed E-state index contributed by atoms with van der Waals surface area (Å²) >= 11 is 0. The topological polar surface area (TPSA) is 324 Å². The molecule has 5 unspecified atom stereocenters. The van der Waals surface area contributed by atoms with E-state index < -0.39 is 88.4 Å². The SMILES string of the molecule is CC(C)(C)OC(=O)CCC(NC(=O)OCc1ccccc1)C(=O)NC(CCCCNC(=O)OC(C)(C)C)C(O)C(=O)NC(CCCN/C(N)=N/[N+](=O)[O-])C(O)C(=O)NCCc1ccccc1. The molecule has 366 valence electrons. The third-order valence-corrected chi connectivity index (χ3v) is 9.19. The predicted molar refractivity (Wildman–Crippen MR) is 242 cm³/mol. The quantitative estimate of drug-likeness (QED) is 0.0124. The van der Waals surface area contributed by atoms with E-state index in [-0.39, 0.29) is 64.8 Å². The van der Waals surface area contributed by atoms with Gasteiger partial charge in [0.25, 0.3) is 17.8 Å². The first-order valence-electron chi connectivity index (χ1n) is 21.7. The van der Waals surface area contributed by atoms with Crippen LogP contribution >= 0.6 is 0 Å². The molecule has 66 heavy (non-hydrogen) atoms. The standard InChI is InChI=1S/C44H67N9O13/c1-43(2,3)65-34(54)23-22-33(51-42(61)64-28-30-18-11-8-12-19-30)37(57)49-31(20-13-14-25-48-41(60)66-44(4,5)6)36(56)39(59)50-32(21-15-26-47-40(45)52-53(62)63)35(55)38(58)46-27-24-29-16-9-7-10-17-29/h7-12,16-19,31-33,35-36,55-56H,13-15,20-28H2,1-6H3,(H,46,58)(H,48,60)(H,49,57)(H,50,59)(H,51,61)(H3,45,47,52). The van der Waals surface area contributed by atoms with Crippen molar-refractivity contribution in [3.05, 3.63) is 81.9 Å². The van der Waals surface area contributed by atoms with Crippen LogP contribution in [0.1, 0.15) is 97.6 Å². The lowest BCUT2D eigenvalue weighted by molar-refractivity contribution is -0.485. The molecule has 2 rings (SSSR count). The van der Waals surface area contributed by atoms with Gasteiger partial charge in [-0.2, -0.15) is 0 Å². The van der Waals surface area contributed by atoms with Crippen molar-refractivity contribution in [1.82, 2.24) is 31.9 Å². The fraction of sp³-hybridized carbons (Fsp3) is 0.568. The third kappa shape index (κ3) is 24.5. The summed E-state index contributed by atoms with van der Waals surface area (Å²) in [6.45, 7) is 10.2. The van der Waals surface area contributed by atoms with Crippen molar-refractivity contribution in [2.24, 2.45) is 10.8 Å². The Morgan fingerprint density at radius 3 is 1.80 bits per heavy atom. The van der Waals surface area contributed by atoms with Gasteiger partial charge in [-0.25, -0.2) is 19.7 Å². The van der Waals surface area contributed by atoms with Crippen molar-refractivity contribution in [3.63, 3.8) is 0 Å². The summed E-state index contributed by atoms with van der Waals surface area (Å²) in [6.07, 6.45) is -5.27. The Balaban J connectivity index is 2.34. The van der Waals surface area contributed by atoms with Crippen LogP contribution in [0.25, 0.3) is 0 Å². The summed E-state index contributed by atoms with van der Waals surface area (Å²) in [5.41, 5.74) is 5.49. The van der Waals surface area contributed by atoms with E-state index >= 15 is 0 Å². The van der Waals surface area contributed by atoms with E-state index in [1.165, 1.54) is 0 Å². The number of hydrogen-bond donors (Lipinski definition) is 9. The number of nitrogens with two attached hydrogens (primary N) is 1. The molecule has 5 amide bonds. The summed E-state index contributed by atoms with van der Waals surface area (Å²) in [6, 6.07) is 13.8. The van der Waals surface area contributed by atoms with Crippen LogP contribution in [0, 0.1) is 10.1 Å². The van der Waals surface area contributed by atoms with Gasteiger partial charge in [-0.05, 0) is 97.6 Å². The number of hydrazone groups is 1. The average Bonchev–Trinajstić information content (AvgIpc) is 3.23. The van der Waals surface area contributed by atoms with Crippen molar-refractivity contribution in [1.29, 1.82) is 0 Å². The maximum absolute atomic E-state index is 14.0. The molecule has 22 heteroatoms. The number of esters is 1.